The van der Waals surface area contributed by atoms with Gasteiger partial charge in [-0.15, -0.1) is 0 Å². The van der Waals surface area contributed by atoms with Crippen molar-refractivity contribution >= 4 is 15.9 Å². The van der Waals surface area contributed by atoms with E-state index in [1.54, 1.807) is 24.3 Å². The van der Waals surface area contributed by atoms with Crippen molar-refractivity contribution in [3.05, 3.63) is 29.8 Å². The van der Waals surface area contributed by atoms with E-state index in [4.69, 9.17) is 4.18 Å². The monoisotopic (exact) mass is 462 g/mol. The topological polar surface area (TPSA) is 60.4 Å². The van der Waals surface area contributed by atoms with Gasteiger partial charge < -0.3 is 0 Å². The highest BCUT2D eigenvalue weighted by molar-refractivity contribution is 7.86. The average molecular weight is 463 g/mol. The van der Waals surface area contributed by atoms with Gasteiger partial charge in [0.2, 0.25) is 0 Å². The average Bonchev–Trinajstić information content (AvgIpc) is 2.70. The number of hydrogen-bond donors (Lipinski definition) is 0. The molecule has 5 heteroatoms. The van der Waals surface area contributed by atoms with Gasteiger partial charge in [0.1, 0.15) is 5.78 Å². The van der Waals surface area contributed by atoms with Gasteiger partial charge in [0, 0.05) is 12.3 Å². The molecule has 0 saturated heterocycles. The molecule has 0 N–H and O–H groups in total. The Labute approximate surface area is 195 Å². The Morgan fingerprint density at radius 3 is 2.38 bits per heavy atom. The van der Waals surface area contributed by atoms with Gasteiger partial charge in [0.05, 0.1) is 11.5 Å². The Hall–Kier alpha value is -1.20. The van der Waals surface area contributed by atoms with Gasteiger partial charge in [0.25, 0.3) is 10.1 Å². The van der Waals surface area contributed by atoms with E-state index in [0.29, 0.717) is 24.0 Å². The van der Waals surface area contributed by atoms with Gasteiger partial charge >= 0.3 is 0 Å². The fraction of sp³-hybridized carbons (Fsp3) is 0.741. The summed E-state index contributed by atoms with van der Waals surface area (Å²) < 4.78 is 31.3. The van der Waals surface area contributed by atoms with E-state index >= 15 is 0 Å². The number of carbonyl (C=O) groups excluding carboxylic acids is 1. The molecule has 4 atom stereocenters. The maximum Gasteiger partial charge on any atom is 0.296 e. The second kappa shape index (κ2) is 9.58. The lowest BCUT2D eigenvalue weighted by atomic mass is 9.46. The van der Waals surface area contributed by atoms with Crippen molar-refractivity contribution in [2.75, 3.05) is 6.61 Å². The van der Waals surface area contributed by atoms with Crippen molar-refractivity contribution in [3.8, 4) is 0 Å². The molecule has 0 heterocycles. The standard InChI is InChI=1S/C27H42O4S/c1-19(2)24(28)14-13-23-21(10-15-25-26(4,5)16-7-17-27(23,25)6)18-31-32(29,30)22-11-8-20(3)9-12-22/h8-9,11-12,19,21,23,25H,7,10,13-18H2,1-6H3/t21?,23-,25-,27+/m0/s1. The normalized spacial score (nSPS) is 30.2. The van der Waals surface area contributed by atoms with Crippen molar-refractivity contribution in [2.24, 2.45) is 34.5 Å². The summed E-state index contributed by atoms with van der Waals surface area (Å²) in [5.41, 5.74) is 1.43. The van der Waals surface area contributed by atoms with Gasteiger partial charge in [-0.05, 0) is 79.7 Å². The molecule has 0 spiro atoms. The van der Waals surface area contributed by atoms with Gasteiger partial charge in [-0.2, -0.15) is 8.42 Å². The summed E-state index contributed by atoms with van der Waals surface area (Å²) in [6.45, 7) is 13.3. The van der Waals surface area contributed by atoms with Crippen molar-refractivity contribution in [1.82, 2.24) is 0 Å². The van der Waals surface area contributed by atoms with Crippen molar-refractivity contribution in [2.45, 2.75) is 91.4 Å². The van der Waals surface area contributed by atoms with Crippen LogP contribution in [0.1, 0.15) is 85.1 Å². The minimum Gasteiger partial charge on any atom is -0.299 e. The van der Waals surface area contributed by atoms with Crippen LogP contribution in [-0.2, 0) is 19.1 Å². The maximum absolute atomic E-state index is 12.8. The van der Waals surface area contributed by atoms with Crippen LogP contribution in [0.4, 0.5) is 0 Å². The number of benzene rings is 1. The van der Waals surface area contributed by atoms with Crippen LogP contribution >= 0.6 is 0 Å². The molecule has 2 fully saturated rings. The third-order valence-corrected chi connectivity index (χ3v) is 9.91. The van der Waals surface area contributed by atoms with Gasteiger partial charge in [-0.3, -0.25) is 8.98 Å². The summed E-state index contributed by atoms with van der Waals surface area (Å²) in [6, 6.07) is 6.83. The zero-order valence-electron chi connectivity index (χ0n) is 20.8. The van der Waals surface area contributed by atoms with Crippen LogP contribution in [0.3, 0.4) is 0 Å². The Balaban J connectivity index is 1.81. The molecule has 2 saturated carbocycles. The van der Waals surface area contributed by atoms with E-state index in [-0.39, 0.29) is 34.2 Å². The molecule has 4 nitrogen and oxygen atoms in total. The van der Waals surface area contributed by atoms with E-state index < -0.39 is 10.1 Å². The van der Waals surface area contributed by atoms with Crippen LogP contribution in [0.5, 0.6) is 0 Å². The molecule has 1 unspecified atom stereocenters. The summed E-state index contributed by atoms with van der Waals surface area (Å²) >= 11 is 0. The summed E-state index contributed by atoms with van der Waals surface area (Å²) in [5.74, 6) is 1.41. The molecule has 0 bridgehead atoms. The van der Waals surface area contributed by atoms with Crippen LogP contribution in [0.25, 0.3) is 0 Å². The number of rotatable bonds is 8. The molecule has 180 valence electrons. The predicted octanol–water partition coefficient (Wildman–Crippen LogP) is 6.56. The van der Waals surface area contributed by atoms with Gasteiger partial charge in [0.15, 0.2) is 0 Å². The number of aryl methyl sites for hydroxylation is 1. The molecule has 2 aliphatic carbocycles. The van der Waals surface area contributed by atoms with Crippen LogP contribution in [0, 0.1) is 41.4 Å². The third-order valence-electron chi connectivity index (χ3n) is 8.61. The fourth-order valence-corrected chi connectivity index (χ4v) is 7.71. The molecular weight excluding hydrogens is 420 g/mol. The van der Waals surface area contributed by atoms with Crippen LogP contribution in [0.2, 0.25) is 0 Å². The van der Waals surface area contributed by atoms with Gasteiger partial charge in [-0.1, -0.05) is 58.7 Å². The Kier molecular flexibility index (Phi) is 7.61. The highest BCUT2D eigenvalue weighted by atomic mass is 32.2. The van der Waals surface area contributed by atoms with E-state index in [1.165, 1.54) is 12.8 Å². The van der Waals surface area contributed by atoms with Crippen LogP contribution in [0.15, 0.2) is 29.2 Å². The number of carbonyl (C=O) groups is 1. The molecule has 0 amide bonds. The minimum absolute atomic E-state index is 0.0432. The fourth-order valence-electron chi connectivity index (χ4n) is 6.75. The third kappa shape index (κ3) is 5.30. The zero-order valence-corrected chi connectivity index (χ0v) is 21.6. The van der Waals surface area contributed by atoms with E-state index in [9.17, 15) is 13.2 Å². The van der Waals surface area contributed by atoms with E-state index in [0.717, 1.165) is 31.2 Å². The van der Waals surface area contributed by atoms with E-state index in [1.807, 2.05) is 20.8 Å². The molecule has 1 aromatic rings. The molecule has 0 aliphatic heterocycles. The highest BCUT2D eigenvalue weighted by Gasteiger charge is 2.54. The quantitative estimate of drug-likeness (QED) is 0.410. The number of ketones is 1. The molecule has 2 aliphatic rings. The molecule has 0 radical (unpaired) electrons. The highest BCUT2D eigenvalue weighted by Crippen LogP contribution is 2.62. The summed E-state index contributed by atoms with van der Waals surface area (Å²) in [4.78, 5) is 12.7. The smallest absolute Gasteiger partial charge is 0.296 e. The first kappa shape index (κ1) is 25.4. The minimum atomic E-state index is -3.78. The lowest BCUT2D eigenvalue weighted by molar-refractivity contribution is -0.126. The van der Waals surface area contributed by atoms with Gasteiger partial charge in [-0.25, -0.2) is 0 Å². The molecule has 1 aromatic carbocycles. The number of fused-ring (bicyclic) bond motifs is 1. The first-order chi connectivity index (χ1) is 14.9. The summed E-state index contributed by atoms with van der Waals surface area (Å²) in [6.07, 6.45) is 7.08. The second-order valence-electron chi connectivity index (χ2n) is 11.6. The first-order valence-electron chi connectivity index (χ1n) is 12.4. The molecule has 32 heavy (non-hydrogen) atoms. The number of hydrogen-bond acceptors (Lipinski definition) is 4. The summed E-state index contributed by atoms with van der Waals surface area (Å²) in [7, 11) is -3.78. The largest absolute Gasteiger partial charge is 0.299 e. The second-order valence-corrected chi connectivity index (χ2v) is 13.2. The SMILES string of the molecule is Cc1ccc(S(=O)(=O)OCC2CC[C@H]3C(C)(C)CCC[C@]3(C)[C@H]2CCC(=O)C(C)C)cc1. The molecule has 3 rings (SSSR count). The van der Waals surface area contributed by atoms with Crippen LogP contribution < -0.4 is 0 Å². The maximum atomic E-state index is 12.8. The predicted molar refractivity (Wildman–Crippen MR) is 129 cm³/mol. The van der Waals surface area contributed by atoms with Crippen molar-refractivity contribution in [3.63, 3.8) is 0 Å². The Morgan fingerprint density at radius 2 is 1.75 bits per heavy atom. The Bertz CT molecular complexity index is 900. The molecule has 0 aromatic heterocycles. The van der Waals surface area contributed by atoms with Crippen molar-refractivity contribution in [1.29, 1.82) is 0 Å². The lowest BCUT2D eigenvalue weighted by Crippen LogP contribution is -2.52. The van der Waals surface area contributed by atoms with Crippen molar-refractivity contribution < 1.29 is 17.4 Å². The molecular formula is C27H42O4S. The Morgan fingerprint density at radius 1 is 1.09 bits per heavy atom. The first-order valence-corrected chi connectivity index (χ1v) is 13.8. The number of Topliss-reactive ketones (excluding diaryl/α,β-unsaturated/α-hetero) is 1. The summed E-state index contributed by atoms with van der Waals surface area (Å²) in [5, 5.41) is 0. The zero-order chi connectivity index (χ0) is 23.7. The lowest BCUT2D eigenvalue weighted by Gasteiger charge is -2.59. The van der Waals surface area contributed by atoms with E-state index in [2.05, 4.69) is 20.8 Å². The van der Waals surface area contributed by atoms with Crippen LogP contribution in [-0.4, -0.2) is 20.8 Å².